The van der Waals surface area contributed by atoms with Crippen LogP contribution in [-0.4, -0.2) is 9.97 Å². The molecule has 0 fully saturated rings. The van der Waals surface area contributed by atoms with Crippen molar-refractivity contribution < 1.29 is 4.42 Å². The smallest absolute Gasteiger partial charge is 0.160 e. The van der Waals surface area contributed by atoms with Gasteiger partial charge in [0, 0.05) is 44.0 Å². The van der Waals surface area contributed by atoms with Crippen LogP contribution in [0.5, 0.6) is 0 Å². The van der Waals surface area contributed by atoms with Crippen LogP contribution in [0.4, 0.5) is 0 Å². The van der Waals surface area contributed by atoms with E-state index in [-0.39, 0.29) is 5.41 Å². The third-order valence-corrected chi connectivity index (χ3v) is 8.30. The summed E-state index contributed by atoms with van der Waals surface area (Å²) < 4.78 is 6.30. The Balaban J connectivity index is 1.29. The first kappa shape index (κ1) is 22.9. The van der Waals surface area contributed by atoms with Crippen LogP contribution in [0.25, 0.3) is 67.0 Å². The number of nitrogens with zero attached hydrogens (tertiary/aromatic N) is 2. The van der Waals surface area contributed by atoms with Gasteiger partial charge in [-0.3, -0.25) is 0 Å². The van der Waals surface area contributed by atoms with Crippen LogP contribution in [0.3, 0.4) is 0 Å². The molecule has 2 aromatic heterocycles. The highest BCUT2D eigenvalue weighted by Crippen LogP contribution is 2.51. The molecule has 1 aliphatic rings. The zero-order valence-electron chi connectivity index (χ0n) is 22.3. The quantitative estimate of drug-likeness (QED) is 0.236. The number of hydrogen-bond donors (Lipinski definition) is 0. The molecule has 5 aromatic carbocycles. The van der Waals surface area contributed by atoms with Gasteiger partial charge in [0.25, 0.3) is 0 Å². The van der Waals surface area contributed by atoms with E-state index in [1.54, 1.807) is 0 Å². The third kappa shape index (κ3) is 3.31. The van der Waals surface area contributed by atoms with E-state index in [2.05, 4.69) is 117 Å². The monoisotopic (exact) mass is 514 g/mol. The number of furan rings is 1. The Hall–Kier alpha value is -5.02. The highest BCUT2D eigenvalue weighted by atomic mass is 16.3. The Morgan fingerprint density at radius 3 is 2.02 bits per heavy atom. The summed E-state index contributed by atoms with van der Waals surface area (Å²) in [6.45, 7) is 4.56. The molecule has 0 amide bonds. The van der Waals surface area contributed by atoms with Gasteiger partial charge in [0.2, 0.25) is 0 Å². The molecule has 190 valence electrons. The standard InChI is InChI=1S/C37H26N2O/c1-37(2)30-17-8-6-14-29(30)34-32(37)33(24-11-4-3-5-12-24)38-36(39-34)25-21-19-23(20-22-25)26-15-10-16-28-27-13-7-9-18-31(27)40-35(26)28/h3-22H,1-2H3. The van der Waals surface area contributed by atoms with E-state index in [1.165, 1.54) is 16.7 Å². The van der Waals surface area contributed by atoms with Crippen molar-refractivity contribution in [2.45, 2.75) is 19.3 Å². The molecule has 2 heterocycles. The van der Waals surface area contributed by atoms with Crippen LogP contribution >= 0.6 is 0 Å². The summed E-state index contributed by atoms with van der Waals surface area (Å²) >= 11 is 0. The van der Waals surface area contributed by atoms with E-state index in [1.807, 2.05) is 18.2 Å². The highest BCUT2D eigenvalue weighted by molar-refractivity contribution is 6.09. The fourth-order valence-electron chi connectivity index (χ4n) is 6.32. The summed E-state index contributed by atoms with van der Waals surface area (Å²) in [5.41, 5.74) is 11.6. The van der Waals surface area contributed by atoms with Gasteiger partial charge in [-0.15, -0.1) is 0 Å². The van der Waals surface area contributed by atoms with E-state index < -0.39 is 0 Å². The fraction of sp³-hybridized carbons (Fsp3) is 0.0811. The molecule has 0 saturated heterocycles. The molecule has 0 bridgehead atoms. The van der Waals surface area contributed by atoms with E-state index in [0.29, 0.717) is 0 Å². The number of para-hydroxylation sites is 2. The zero-order chi connectivity index (χ0) is 26.8. The lowest BCUT2D eigenvalue weighted by molar-refractivity contribution is 0.658. The molecule has 1 aliphatic carbocycles. The van der Waals surface area contributed by atoms with Crippen molar-refractivity contribution in [1.82, 2.24) is 9.97 Å². The average Bonchev–Trinajstić information content (AvgIpc) is 3.50. The van der Waals surface area contributed by atoms with Crippen molar-refractivity contribution in [3.63, 3.8) is 0 Å². The molecule has 0 spiro atoms. The van der Waals surface area contributed by atoms with Crippen molar-refractivity contribution in [1.29, 1.82) is 0 Å². The zero-order valence-corrected chi connectivity index (χ0v) is 22.3. The first-order valence-corrected chi connectivity index (χ1v) is 13.7. The van der Waals surface area contributed by atoms with Crippen molar-refractivity contribution in [2.75, 3.05) is 0 Å². The normalized spacial score (nSPS) is 13.4. The maximum absolute atomic E-state index is 6.30. The van der Waals surface area contributed by atoms with Gasteiger partial charge in [-0.25, -0.2) is 9.97 Å². The van der Waals surface area contributed by atoms with Crippen LogP contribution in [0.2, 0.25) is 0 Å². The average molecular weight is 515 g/mol. The van der Waals surface area contributed by atoms with Gasteiger partial charge in [0.05, 0.1) is 11.4 Å². The molecule has 3 heteroatoms. The van der Waals surface area contributed by atoms with E-state index >= 15 is 0 Å². The Morgan fingerprint density at radius 1 is 0.525 bits per heavy atom. The second-order valence-electron chi connectivity index (χ2n) is 11.0. The molecule has 0 radical (unpaired) electrons. The molecule has 7 aromatic rings. The van der Waals surface area contributed by atoms with Gasteiger partial charge in [0.1, 0.15) is 11.2 Å². The van der Waals surface area contributed by atoms with Crippen LogP contribution in [0, 0.1) is 0 Å². The number of benzene rings is 5. The number of rotatable bonds is 3. The summed E-state index contributed by atoms with van der Waals surface area (Å²) in [5.74, 6) is 0.735. The topological polar surface area (TPSA) is 38.9 Å². The molecule has 0 atom stereocenters. The van der Waals surface area contributed by atoms with Crippen molar-refractivity contribution in [2.24, 2.45) is 0 Å². The Bertz CT molecular complexity index is 2070. The lowest BCUT2D eigenvalue weighted by Gasteiger charge is -2.23. The van der Waals surface area contributed by atoms with Crippen molar-refractivity contribution in [3.8, 4) is 45.0 Å². The molecule has 0 unspecified atom stereocenters. The molecule has 40 heavy (non-hydrogen) atoms. The predicted octanol–water partition coefficient (Wildman–Crippen LogP) is 9.68. The molecule has 3 nitrogen and oxygen atoms in total. The van der Waals surface area contributed by atoms with Crippen LogP contribution in [-0.2, 0) is 5.41 Å². The van der Waals surface area contributed by atoms with Gasteiger partial charge < -0.3 is 4.42 Å². The predicted molar refractivity (Wildman–Crippen MR) is 163 cm³/mol. The number of aromatic nitrogens is 2. The summed E-state index contributed by atoms with van der Waals surface area (Å²) in [7, 11) is 0. The SMILES string of the molecule is CC1(C)c2ccccc2-c2nc(-c3ccc(-c4cccc5c4oc4ccccc45)cc3)nc(-c3ccccc3)c21. The fourth-order valence-corrected chi connectivity index (χ4v) is 6.32. The van der Waals surface area contributed by atoms with E-state index in [0.717, 1.165) is 61.4 Å². The van der Waals surface area contributed by atoms with Gasteiger partial charge in [-0.1, -0.05) is 129 Å². The molecule has 0 aliphatic heterocycles. The van der Waals surface area contributed by atoms with Crippen LogP contribution < -0.4 is 0 Å². The minimum absolute atomic E-state index is 0.190. The van der Waals surface area contributed by atoms with Crippen molar-refractivity contribution >= 4 is 21.9 Å². The highest BCUT2D eigenvalue weighted by Gasteiger charge is 2.39. The van der Waals surface area contributed by atoms with E-state index in [9.17, 15) is 0 Å². The van der Waals surface area contributed by atoms with Crippen LogP contribution in [0.1, 0.15) is 25.0 Å². The minimum atomic E-state index is -0.190. The van der Waals surface area contributed by atoms with E-state index in [4.69, 9.17) is 14.4 Å². The first-order valence-electron chi connectivity index (χ1n) is 13.7. The largest absolute Gasteiger partial charge is 0.455 e. The van der Waals surface area contributed by atoms with Gasteiger partial charge in [-0.05, 0) is 17.2 Å². The maximum Gasteiger partial charge on any atom is 0.160 e. The van der Waals surface area contributed by atoms with Crippen molar-refractivity contribution in [3.05, 3.63) is 132 Å². The third-order valence-electron chi connectivity index (χ3n) is 8.30. The Morgan fingerprint density at radius 2 is 1.18 bits per heavy atom. The summed E-state index contributed by atoms with van der Waals surface area (Å²) in [6, 6.07) is 42.2. The lowest BCUT2D eigenvalue weighted by atomic mass is 9.81. The number of fused-ring (bicyclic) bond motifs is 6. The molecule has 0 N–H and O–H groups in total. The van der Waals surface area contributed by atoms with Gasteiger partial charge in [0.15, 0.2) is 5.82 Å². The lowest BCUT2D eigenvalue weighted by Crippen LogP contribution is -2.17. The summed E-state index contributed by atoms with van der Waals surface area (Å²) in [5, 5.41) is 2.27. The molecular weight excluding hydrogens is 488 g/mol. The molecular formula is C37H26N2O. The molecule has 8 rings (SSSR count). The first-order chi connectivity index (χ1) is 19.6. The summed E-state index contributed by atoms with van der Waals surface area (Å²) in [4.78, 5) is 10.4. The summed E-state index contributed by atoms with van der Waals surface area (Å²) in [6.07, 6.45) is 0. The Kier molecular flexibility index (Phi) is 4.86. The number of hydrogen-bond acceptors (Lipinski definition) is 3. The Labute approximate surface area is 232 Å². The minimum Gasteiger partial charge on any atom is -0.455 e. The van der Waals surface area contributed by atoms with Gasteiger partial charge in [-0.2, -0.15) is 0 Å². The van der Waals surface area contributed by atoms with Crippen LogP contribution in [0.15, 0.2) is 126 Å². The molecule has 0 saturated carbocycles. The second kappa shape index (κ2) is 8.49. The van der Waals surface area contributed by atoms with Gasteiger partial charge >= 0.3 is 0 Å². The second-order valence-corrected chi connectivity index (χ2v) is 11.0. The maximum atomic E-state index is 6.30.